The highest BCUT2D eigenvalue weighted by Crippen LogP contribution is 2.49. The number of nitrogens with zero attached hydrogens (tertiary/aromatic N) is 4. The zero-order chi connectivity index (χ0) is 18.5. The van der Waals surface area contributed by atoms with Crippen LogP contribution in [0.5, 0.6) is 11.6 Å². The van der Waals surface area contributed by atoms with Gasteiger partial charge in [0.1, 0.15) is 11.3 Å². The van der Waals surface area contributed by atoms with E-state index in [9.17, 15) is 13.9 Å². The molecule has 1 fully saturated rings. The molecule has 136 valence electrons. The molecular formula is C17H15BrF2N4O2. The fourth-order valence-corrected chi connectivity index (χ4v) is 3.28. The van der Waals surface area contributed by atoms with Crippen molar-refractivity contribution >= 4 is 27.0 Å². The van der Waals surface area contributed by atoms with E-state index in [0.717, 1.165) is 0 Å². The molecule has 9 heteroatoms. The van der Waals surface area contributed by atoms with E-state index in [2.05, 4.69) is 31.2 Å². The van der Waals surface area contributed by atoms with E-state index in [1.165, 1.54) is 4.68 Å². The second-order valence-corrected chi connectivity index (χ2v) is 7.15. The molecule has 2 unspecified atom stereocenters. The van der Waals surface area contributed by atoms with Crippen molar-refractivity contribution in [2.24, 2.45) is 5.92 Å². The maximum atomic E-state index is 13.2. The highest BCUT2D eigenvalue weighted by atomic mass is 79.9. The fraction of sp³-hybridized carbons (Fsp3) is 0.353. The number of aliphatic hydroxyl groups excluding tert-OH is 1. The van der Waals surface area contributed by atoms with Crippen LogP contribution in [-0.2, 0) is 6.54 Å². The Balaban J connectivity index is 1.65. The molecule has 0 spiro atoms. The van der Waals surface area contributed by atoms with Crippen molar-refractivity contribution in [3.05, 3.63) is 40.5 Å². The molecule has 4 rings (SSSR count). The van der Waals surface area contributed by atoms with Gasteiger partial charge in [0.2, 0.25) is 5.88 Å². The lowest BCUT2D eigenvalue weighted by atomic mass is 10.2. The number of rotatable bonds is 5. The molecule has 1 aromatic carbocycles. The van der Waals surface area contributed by atoms with Crippen molar-refractivity contribution in [2.45, 2.75) is 31.9 Å². The summed E-state index contributed by atoms with van der Waals surface area (Å²) in [6.07, 6.45) is 0.723. The Bertz CT molecular complexity index is 977. The Kier molecular flexibility index (Phi) is 4.15. The lowest BCUT2D eigenvalue weighted by Gasteiger charge is -2.12. The van der Waals surface area contributed by atoms with Gasteiger partial charge in [-0.05, 0) is 47.1 Å². The van der Waals surface area contributed by atoms with Gasteiger partial charge in [0.15, 0.2) is 0 Å². The minimum Gasteiger partial charge on any atom is -0.437 e. The van der Waals surface area contributed by atoms with Crippen molar-refractivity contribution in [1.82, 2.24) is 20.0 Å². The van der Waals surface area contributed by atoms with Crippen LogP contribution >= 0.6 is 15.9 Å². The second kappa shape index (κ2) is 6.24. The average molecular weight is 425 g/mol. The molecule has 1 N–H and O–H groups in total. The highest BCUT2D eigenvalue weighted by molar-refractivity contribution is 9.10. The Morgan fingerprint density at radius 2 is 2.19 bits per heavy atom. The maximum absolute atomic E-state index is 13.2. The van der Waals surface area contributed by atoms with Gasteiger partial charge >= 0.3 is 0 Å². The number of fused-ring (bicyclic) bond motifs is 1. The van der Waals surface area contributed by atoms with Crippen LogP contribution in [0, 0.1) is 5.92 Å². The van der Waals surface area contributed by atoms with E-state index in [0.29, 0.717) is 26.8 Å². The number of hydrogen-bond acceptors (Lipinski definition) is 5. The van der Waals surface area contributed by atoms with Crippen molar-refractivity contribution in [3.63, 3.8) is 0 Å². The maximum Gasteiger partial charge on any atom is 0.253 e. The van der Waals surface area contributed by atoms with Crippen LogP contribution < -0.4 is 4.74 Å². The largest absolute Gasteiger partial charge is 0.437 e. The van der Waals surface area contributed by atoms with Crippen molar-refractivity contribution in [1.29, 1.82) is 0 Å². The molecule has 0 bridgehead atoms. The summed E-state index contributed by atoms with van der Waals surface area (Å²) in [5.74, 6) is -2.56. The van der Waals surface area contributed by atoms with Crippen LogP contribution in [0.25, 0.3) is 11.0 Å². The molecule has 2 atom stereocenters. The molecule has 3 aromatic rings. The number of aromatic nitrogens is 4. The molecular weight excluding hydrogens is 410 g/mol. The molecule has 1 saturated carbocycles. The Morgan fingerprint density at radius 1 is 1.42 bits per heavy atom. The fourth-order valence-electron chi connectivity index (χ4n) is 2.79. The Morgan fingerprint density at radius 3 is 2.88 bits per heavy atom. The first-order chi connectivity index (χ1) is 12.4. The third kappa shape index (κ3) is 3.05. The third-order valence-corrected chi connectivity index (χ3v) is 5.16. The predicted octanol–water partition coefficient (Wildman–Crippen LogP) is 4.09. The van der Waals surface area contributed by atoms with E-state index < -0.39 is 17.9 Å². The van der Waals surface area contributed by atoms with Crippen molar-refractivity contribution in [3.8, 4) is 11.6 Å². The van der Waals surface area contributed by atoms with Crippen molar-refractivity contribution < 1.29 is 18.6 Å². The summed E-state index contributed by atoms with van der Waals surface area (Å²) in [5, 5.41) is 17.9. The van der Waals surface area contributed by atoms with Gasteiger partial charge in [-0.1, -0.05) is 5.21 Å². The van der Waals surface area contributed by atoms with Crippen LogP contribution in [0.3, 0.4) is 0 Å². The molecule has 1 aliphatic carbocycles. The molecule has 1 aliphatic rings. The van der Waals surface area contributed by atoms with Gasteiger partial charge in [-0.15, -0.1) is 5.10 Å². The molecule has 0 aliphatic heterocycles. The molecule has 0 amide bonds. The first kappa shape index (κ1) is 17.3. The van der Waals surface area contributed by atoms with Gasteiger partial charge in [0.05, 0.1) is 22.6 Å². The highest BCUT2D eigenvalue weighted by Gasteiger charge is 2.57. The zero-order valence-corrected chi connectivity index (χ0v) is 15.3. The smallest absolute Gasteiger partial charge is 0.253 e. The lowest BCUT2D eigenvalue weighted by molar-refractivity contribution is 0.0944. The number of alkyl halides is 2. The van der Waals surface area contributed by atoms with Crippen LogP contribution in [0.2, 0.25) is 0 Å². The lowest BCUT2D eigenvalue weighted by Crippen LogP contribution is -2.06. The predicted molar refractivity (Wildman–Crippen MR) is 93.2 cm³/mol. The summed E-state index contributed by atoms with van der Waals surface area (Å²) < 4.78 is 34.2. The third-order valence-electron chi connectivity index (χ3n) is 4.40. The van der Waals surface area contributed by atoms with Gasteiger partial charge in [-0.25, -0.2) is 18.4 Å². The number of ether oxygens (including phenoxy) is 1. The van der Waals surface area contributed by atoms with Crippen LogP contribution in [0.15, 0.2) is 34.9 Å². The van der Waals surface area contributed by atoms with Gasteiger partial charge in [-0.2, -0.15) is 0 Å². The number of pyridine rings is 1. The molecule has 0 saturated heterocycles. The Labute approximate surface area is 155 Å². The summed E-state index contributed by atoms with van der Waals surface area (Å²) in [4.78, 5) is 4.16. The van der Waals surface area contributed by atoms with Gasteiger partial charge < -0.3 is 9.84 Å². The monoisotopic (exact) mass is 424 g/mol. The Hall–Kier alpha value is -2.13. The SMILES string of the molecule is CC(O)c1cccnc1Oc1ccc2c(nnn2CC2CC2(F)F)c1Br. The van der Waals surface area contributed by atoms with Crippen LogP contribution in [-0.4, -0.2) is 31.0 Å². The van der Waals surface area contributed by atoms with Gasteiger partial charge in [0, 0.05) is 24.1 Å². The summed E-state index contributed by atoms with van der Waals surface area (Å²) >= 11 is 3.44. The van der Waals surface area contributed by atoms with E-state index in [1.807, 2.05) is 0 Å². The number of hydrogen-bond donors (Lipinski definition) is 1. The number of halogens is 3. The van der Waals surface area contributed by atoms with E-state index in [4.69, 9.17) is 4.74 Å². The minimum absolute atomic E-state index is 0.113. The standard InChI is InChI=1S/C17H15BrF2N4O2/c1-9(25)11-3-2-6-21-16(11)26-13-5-4-12-15(14(13)18)22-23-24(12)8-10-7-17(10,19)20/h2-6,9-10,25H,7-8H2,1H3. The molecule has 2 heterocycles. The van der Waals surface area contributed by atoms with E-state index >= 15 is 0 Å². The molecule has 0 radical (unpaired) electrons. The van der Waals surface area contributed by atoms with Crippen LogP contribution in [0.4, 0.5) is 8.78 Å². The molecule has 6 nitrogen and oxygen atoms in total. The zero-order valence-electron chi connectivity index (χ0n) is 13.7. The van der Waals surface area contributed by atoms with Gasteiger partial charge in [0.25, 0.3) is 5.92 Å². The van der Waals surface area contributed by atoms with Crippen molar-refractivity contribution in [2.75, 3.05) is 0 Å². The van der Waals surface area contributed by atoms with E-state index in [-0.39, 0.29) is 18.8 Å². The minimum atomic E-state index is -2.60. The topological polar surface area (TPSA) is 73.1 Å². The first-order valence-electron chi connectivity index (χ1n) is 8.07. The summed E-state index contributed by atoms with van der Waals surface area (Å²) in [7, 11) is 0. The quantitative estimate of drug-likeness (QED) is 0.667. The number of benzene rings is 1. The van der Waals surface area contributed by atoms with E-state index in [1.54, 1.807) is 37.4 Å². The normalized spacial score (nSPS) is 19.5. The first-order valence-corrected chi connectivity index (χ1v) is 8.86. The second-order valence-electron chi connectivity index (χ2n) is 6.35. The summed E-state index contributed by atoms with van der Waals surface area (Å²) in [5.41, 5.74) is 1.71. The molecule has 26 heavy (non-hydrogen) atoms. The average Bonchev–Trinajstić information content (AvgIpc) is 3.00. The molecule has 2 aromatic heterocycles. The summed E-state index contributed by atoms with van der Waals surface area (Å²) in [6.45, 7) is 1.75. The van der Waals surface area contributed by atoms with Crippen LogP contribution in [0.1, 0.15) is 25.0 Å². The summed E-state index contributed by atoms with van der Waals surface area (Å²) in [6, 6.07) is 6.86. The van der Waals surface area contributed by atoms with Gasteiger partial charge in [-0.3, -0.25) is 0 Å². The number of aliphatic hydroxyl groups is 1.